The zero-order valence-corrected chi connectivity index (χ0v) is 15.2. The summed E-state index contributed by atoms with van der Waals surface area (Å²) in [5.74, 6) is -0.289. The Morgan fingerprint density at radius 2 is 1.96 bits per heavy atom. The number of piperazine rings is 1. The molecule has 25 heavy (non-hydrogen) atoms. The van der Waals surface area contributed by atoms with Crippen LogP contribution in [0.5, 0.6) is 0 Å². The van der Waals surface area contributed by atoms with Crippen molar-refractivity contribution in [2.75, 3.05) is 39.8 Å². The van der Waals surface area contributed by atoms with E-state index in [2.05, 4.69) is 46.1 Å². The van der Waals surface area contributed by atoms with E-state index in [0.29, 0.717) is 12.2 Å². The van der Waals surface area contributed by atoms with Gasteiger partial charge in [-0.25, -0.2) is 14.1 Å². The lowest BCUT2D eigenvalue weighted by molar-refractivity contribution is 0.0618. The summed E-state index contributed by atoms with van der Waals surface area (Å²) in [7, 11) is 2.17. The summed E-state index contributed by atoms with van der Waals surface area (Å²) in [4.78, 5) is 8.74. The molecule has 2 aromatic rings. The summed E-state index contributed by atoms with van der Waals surface area (Å²) in [5.41, 5.74) is 1.43. The third-order valence-corrected chi connectivity index (χ3v) is 4.92. The molecular weight excluding hydrogens is 319 g/mol. The van der Waals surface area contributed by atoms with Gasteiger partial charge < -0.3 is 10.2 Å². The first-order valence-corrected chi connectivity index (χ1v) is 8.73. The van der Waals surface area contributed by atoms with E-state index in [0.717, 1.165) is 38.3 Å². The van der Waals surface area contributed by atoms with Crippen LogP contribution < -0.4 is 5.32 Å². The second kappa shape index (κ2) is 7.59. The second-order valence-electron chi connectivity index (χ2n) is 7.33. The van der Waals surface area contributed by atoms with Gasteiger partial charge in [-0.1, -0.05) is 6.07 Å². The Bertz CT molecular complexity index is 677. The molecule has 1 aromatic carbocycles. The largest absolute Gasteiger partial charge is 0.311 e. The van der Waals surface area contributed by atoms with E-state index in [1.165, 1.54) is 17.3 Å². The summed E-state index contributed by atoms with van der Waals surface area (Å²) in [6.45, 7) is 10.4. The zero-order valence-electron chi connectivity index (χ0n) is 15.2. The van der Waals surface area contributed by atoms with Gasteiger partial charge in [0.1, 0.15) is 24.2 Å². The zero-order chi connectivity index (χ0) is 17.9. The van der Waals surface area contributed by atoms with E-state index < -0.39 is 0 Å². The monoisotopic (exact) mass is 346 g/mol. The first-order valence-electron chi connectivity index (χ1n) is 8.73. The molecule has 0 atom stereocenters. The van der Waals surface area contributed by atoms with Crippen molar-refractivity contribution in [3.8, 4) is 5.69 Å². The quantitative estimate of drug-likeness (QED) is 0.859. The van der Waals surface area contributed by atoms with Gasteiger partial charge in [-0.3, -0.25) is 4.90 Å². The standard InChI is InChI=1S/C18H27FN6/c1-18(2,24-8-6-23(3)7-9-24)12-20-11-15-4-5-17(16(19)10-15)25-14-21-13-22-25/h4-5,10,13-14,20H,6-9,11-12H2,1-3H3. The summed E-state index contributed by atoms with van der Waals surface area (Å²) >= 11 is 0. The van der Waals surface area contributed by atoms with Gasteiger partial charge in [-0.15, -0.1) is 0 Å². The number of benzene rings is 1. The normalized spacial score (nSPS) is 17.1. The predicted molar refractivity (Wildman–Crippen MR) is 96.2 cm³/mol. The Labute approximate surface area is 148 Å². The lowest BCUT2D eigenvalue weighted by Gasteiger charge is -2.43. The van der Waals surface area contributed by atoms with E-state index in [4.69, 9.17) is 0 Å². The van der Waals surface area contributed by atoms with Gasteiger partial charge in [0, 0.05) is 44.8 Å². The smallest absolute Gasteiger partial charge is 0.149 e. The van der Waals surface area contributed by atoms with E-state index in [9.17, 15) is 4.39 Å². The molecule has 3 rings (SSSR count). The minimum atomic E-state index is -0.289. The summed E-state index contributed by atoms with van der Waals surface area (Å²) in [6, 6.07) is 5.23. The SMILES string of the molecule is CN1CCN(C(C)(C)CNCc2ccc(-n3cncn3)c(F)c2)CC1. The van der Waals surface area contributed by atoms with E-state index in [1.54, 1.807) is 12.1 Å². The van der Waals surface area contributed by atoms with Gasteiger partial charge in [0.25, 0.3) is 0 Å². The maximum Gasteiger partial charge on any atom is 0.149 e. The number of likely N-dealkylation sites (N-methyl/N-ethyl adjacent to an activating group) is 1. The second-order valence-corrected chi connectivity index (χ2v) is 7.33. The fraction of sp³-hybridized carbons (Fsp3) is 0.556. The molecule has 136 valence electrons. The fourth-order valence-corrected chi connectivity index (χ4v) is 3.22. The summed E-state index contributed by atoms with van der Waals surface area (Å²) < 4.78 is 15.7. The summed E-state index contributed by atoms with van der Waals surface area (Å²) in [5, 5.41) is 7.44. The third-order valence-electron chi connectivity index (χ3n) is 4.92. The van der Waals surface area contributed by atoms with Crippen LogP contribution in [0.1, 0.15) is 19.4 Å². The molecule has 2 heterocycles. The van der Waals surface area contributed by atoms with Crippen LogP contribution in [-0.2, 0) is 6.54 Å². The predicted octanol–water partition coefficient (Wildman–Crippen LogP) is 1.52. The minimum Gasteiger partial charge on any atom is -0.311 e. The Kier molecular flexibility index (Phi) is 5.46. The molecule has 0 amide bonds. The average molecular weight is 346 g/mol. The molecule has 0 saturated carbocycles. The number of hydrogen-bond donors (Lipinski definition) is 1. The van der Waals surface area contributed by atoms with Crippen LogP contribution in [0, 0.1) is 5.82 Å². The first kappa shape index (κ1) is 18.0. The van der Waals surface area contributed by atoms with Crippen molar-refractivity contribution >= 4 is 0 Å². The minimum absolute atomic E-state index is 0.0838. The maximum absolute atomic E-state index is 14.3. The number of nitrogens with one attached hydrogen (secondary N) is 1. The highest BCUT2D eigenvalue weighted by Crippen LogP contribution is 2.17. The number of nitrogens with zero attached hydrogens (tertiary/aromatic N) is 5. The number of rotatable bonds is 6. The van der Waals surface area contributed by atoms with Crippen LogP contribution in [-0.4, -0.2) is 69.9 Å². The molecule has 7 heteroatoms. The molecule has 0 unspecified atom stereocenters. The van der Waals surface area contributed by atoms with Gasteiger partial charge in [0.2, 0.25) is 0 Å². The molecule has 1 aromatic heterocycles. The van der Waals surface area contributed by atoms with Gasteiger partial charge >= 0.3 is 0 Å². The Morgan fingerprint density at radius 3 is 2.60 bits per heavy atom. The van der Waals surface area contributed by atoms with Crippen LogP contribution in [0.4, 0.5) is 4.39 Å². The highest BCUT2D eigenvalue weighted by Gasteiger charge is 2.28. The van der Waals surface area contributed by atoms with Crippen LogP contribution in [0.3, 0.4) is 0 Å². The molecule has 1 fully saturated rings. The first-order chi connectivity index (χ1) is 12.0. The highest BCUT2D eigenvalue weighted by molar-refractivity contribution is 5.35. The Morgan fingerprint density at radius 1 is 1.20 bits per heavy atom. The fourth-order valence-electron chi connectivity index (χ4n) is 3.22. The average Bonchev–Trinajstić information content (AvgIpc) is 3.09. The van der Waals surface area contributed by atoms with Gasteiger partial charge in [0.05, 0.1) is 0 Å². The van der Waals surface area contributed by atoms with E-state index in [-0.39, 0.29) is 11.4 Å². The van der Waals surface area contributed by atoms with Crippen molar-refractivity contribution in [3.63, 3.8) is 0 Å². The van der Waals surface area contributed by atoms with E-state index >= 15 is 0 Å². The van der Waals surface area contributed by atoms with Crippen LogP contribution in [0.2, 0.25) is 0 Å². The van der Waals surface area contributed by atoms with Crippen molar-refractivity contribution in [1.29, 1.82) is 0 Å². The Balaban J connectivity index is 1.54. The van der Waals surface area contributed by atoms with Crippen LogP contribution in [0.15, 0.2) is 30.9 Å². The number of aromatic nitrogens is 3. The molecule has 1 N–H and O–H groups in total. The number of halogens is 1. The van der Waals surface area contributed by atoms with E-state index in [1.807, 2.05) is 6.07 Å². The number of hydrogen-bond acceptors (Lipinski definition) is 5. The topological polar surface area (TPSA) is 49.2 Å². The third kappa shape index (κ3) is 4.42. The Hall–Kier alpha value is -1.83. The molecule has 1 aliphatic heterocycles. The molecular formula is C18H27FN6. The molecule has 0 bridgehead atoms. The van der Waals surface area contributed by atoms with Gasteiger partial charge in [-0.2, -0.15) is 5.10 Å². The maximum atomic E-state index is 14.3. The molecule has 0 aliphatic carbocycles. The lowest BCUT2D eigenvalue weighted by Crippen LogP contribution is -2.57. The van der Waals surface area contributed by atoms with Crippen molar-refractivity contribution in [2.45, 2.75) is 25.9 Å². The van der Waals surface area contributed by atoms with Crippen molar-refractivity contribution in [3.05, 3.63) is 42.2 Å². The molecule has 6 nitrogen and oxygen atoms in total. The van der Waals surface area contributed by atoms with Crippen LogP contribution >= 0.6 is 0 Å². The lowest BCUT2D eigenvalue weighted by atomic mass is 10.0. The van der Waals surface area contributed by atoms with Crippen molar-refractivity contribution < 1.29 is 4.39 Å². The van der Waals surface area contributed by atoms with Crippen molar-refractivity contribution in [1.82, 2.24) is 29.9 Å². The molecule has 0 spiro atoms. The van der Waals surface area contributed by atoms with Crippen LogP contribution in [0.25, 0.3) is 5.69 Å². The van der Waals surface area contributed by atoms with Gasteiger partial charge in [0.15, 0.2) is 0 Å². The van der Waals surface area contributed by atoms with Crippen molar-refractivity contribution in [2.24, 2.45) is 0 Å². The van der Waals surface area contributed by atoms with Gasteiger partial charge in [-0.05, 0) is 38.6 Å². The molecule has 1 aliphatic rings. The summed E-state index contributed by atoms with van der Waals surface area (Å²) in [6.07, 6.45) is 2.89. The highest BCUT2D eigenvalue weighted by atomic mass is 19.1. The molecule has 0 radical (unpaired) electrons. The molecule has 1 saturated heterocycles.